The predicted molar refractivity (Wildman–Crippen MR) is 218 cm³/mol. The zero-order valence-corrected chi connectivity index (χ0v) is 28.2. The molecule has 0 aromatic heterocycles. The summed E-state index contributed by atoms with van der Waals surface area (Å²) in [6.45, 7) is 0. The number of rotatable bonds is 7. The molecule has 0 aliphatic carbocycles. The van der Waals surface area contributed by atoms with Crippen LogP contribution >= 0.6 is 0 Å². The molecule has 0 saturated heterocycles. The fourth-order valence-corrected chi connectivity index (χ4v) is 7.44. The summed E-state index contributed by atoms with van der Waals surface area (Å²) in [7, 11) is 0. The maximum absolute atomic E-state index is 2.30. The average molecular weight is 650 g/mol. The molecular formula is C50H35N. The maximum Gasteiger partial charge on any atom is 0.0462 e. The highest BCUT2D eigenvalue weighted by Gasteiger charge is 2.15. The van der Waals surface area contributed by atoms with E-state index in [2.05, 4.69) is 217 Å². The first-order chi connectivity index (χ1) is 25.3. The number of hydrogen-bond donors (Lipinski definition) is 0. The number of fused-ring (bicyclic) bond motifs is 2. The van der Waals surface area contributed by atoms with Crippen molar-refractivity contribution in [2.45, 2.75) is 0 Å². The van der Waals surface area contributed by atoms with Crippen LogP contribution in [0.15, 0.2) is 212 Å². The van der Waals surface area contributed by atoms with Crippen LogP contribution in [0.25, 0.3) is 66.1 Å². The Balaban J connectivity index is 1.06. The van der Waals surface area contributed by atoms with E-state index in [1.54, 1.807) is 0 Å². The summed E-state index contributed by atoms with van der Waals surface area (Å²) in [5, 5.41) is 5.03. The van der Waals surface area contributed by atoms with Gasteiger partial charge in [-0.15, -0.1) is 0 Å². The molecule has 0 atom stereocenters. The molecule has 9 rings (SSSR count). The third-order valence-corrected chi connectivity index (χ3v) is 9.91. The Kier molecular flexibility index (Phi) is 7.92. The first-order valence-corrected chi connectivity index (χ1v) is 17.5. The van der Waals surface area contributed by atoms with Gasteiger partial charge in [0, 0.05) is 17.1 Å². The predicted octanol–water partition coefficient (Wildman–Crippen LogP) is 14.1. The van der Waals surface area contributed by atoms with Crippen molar-refractivity contribution >= 4 is 38.6 Å². The molecule has 240 valence electrons. The van der Waals surface area contributed by atoms with Crippen LogP contribution in [0.4, 0.5) is 17.1 Å². The molecule has 0 saturated carbocycles. The largest absolute Gasteiger partial charge is 0.311 e. The molecule has 1 nitrogen and oxygen atoms in total. The number of benzene rings is 9. The smallest absolute Gasteiger partial charge is 0.0462 e. The van der Waals surface area contributed by atoms with E-state index < -0.39 is 0 Å². The Labute approximate surface area is 299 Å². The lowest BCUT2D eigenvalue weighted by atomic mass is 9.90. The van der Waals surface area contributed by atoms with Crippen LogP contribution in [0.5, 0.6) is 0 Å². The monoisotopic (exact) mass is 649 g/mol. The first kappa shape index (κ1) is 30.4. The summed E-state index contributed by atoms with van der Waals surface area (Å²) in [4.78, 5) is 2.30. The maximum atomic E-state index is 2.30. The quantitative estimate of drug-likeness (QED) is 0.166. The second-order valence-electron chi connectivity index (χ2n) is 12.9. The highest BCUT2D eigenvalue weighted by Crippen LogP contribution is 2.40. The number of nitrogens with zero attached hydrogens (tertiary/aromatic N) is 1. The van der Waals surface area contributed by atoms with Crippen LogP contribution in [0.3, 0.4) is 0 Å². The van der Waals surface area contributed by atoms with E-state index in [1.807, 2.05) is 0 Å². The summed E-state index contributed by atoms with van der Waals surface area (Å²) >= 11 is 0. The van der Waals surface area contributed by atoms with Crippen LogP contribution in [0.2, 0.25) is 0 Å². The zero-order chi connectivity index (χ0) is 34.0. The van der Waals surface area contributed by atoms with Crippen LogP contribution in [-0.4, -0.2) is 0 Å². The van der Waals surface area contributed by atoms with Crippen molar-refractivity contribution < 1.29 is 0 Å². The van der Waals surface area contributed by atoms with Gasteiger partial charge in [-0.1, -0.05) is 176 Å². The van der Waals surface area contributed by atoms with E-state index in [-0.39, 0.29) is 0 Å². The van der Waals surface area contributed by atoms with Crippen LogP contribution < -0.4 is 4.90 Å². The molecule has 0 unspecified atom stereocenters. The summed E-state index contributed by atoms with van der Waals surface area (Å²) in [5.74, 6) is 0. The molecular weight excluding hydrogens is 615 g/mol. The van der Waals surface area contributed by atoms with Gasteiger partial charge in [-0.25, -0.2) is 0 Å². The van der Waals surface area contributed by atoms with Gasteiger partial charge in [0.05, 0.1) is 0 Å². The van der Waals surface area contributed by atoms with E-state index in [9.17, 15) is 0 Å². The highest BCUT2D eigenvalue weighted by molar-refractivity contribution is 6.07. The topological polar surface area (TPSA) is 3.24 Å². The van der Waals surface area contributed by atoms with Crippen molar-refractivity contribution in [3.05, 3.63) is 212 Å². The fraction of sp³-hybridized carbons (Fsp3) is 0. The molecule has 9 aromatic carbocycles. The Morgan fingerprint density at radius 1 is 0.196 bits per heavy atom. The van der Waals surface area contributed by atoms with Crippen LogP contribution in [0, 0.1) is 0 Å². The molecule has 9 aromatic rings. The highest BCUT2D eigenvalue weighted by atomic mass is 15.1. The molecule has 1 heteroatoms. The summed E-state index contributed by atoms with van der Waals surface area (Å²) in [6.07, 6.45) is 0. The Morgan fingerprint density at radius 2 is 0.451 bits per heavy atom. The summed E-state index contributed by atoms with van der Waals surface area (Å²) in [5.41, 5.74) is 13.2. The summed E-state index contributed by atoms with van der Waals surface area (Å²) in [6, 6.07) is 76.4. The van der Waals surface area contributed by atoms with Crippen LogP contribution in [-0.2, 0) is 0 Å². The molecule has 0 heterocycles. The lowest BCUT2D eigenvalue weighted by molar-refractivity contribution is 1.28. The second kappa shape index (κ2) is 13.3. The van der Waals surface area contributed by atoms with E-state index in [1.165, 1.54) is 66.1 Å². The van der Waals surface area contributed by atoms with Crippen molar-refractivity contribution in [1.82, 2.24) is 0 Å². The minimum Gasteiger partial charge on any atom is -0.311 e. The molecule has 51 heavy (non-hydrogen) atoms. The Hall–Kier alpha value is -6.70. The molecule has 0 spiro atoms. The van der Waals surface area contributed by atoms with E-state index >= 15 is 0 Å². The van der Waals surface area contributed by atoms with Crippen molar-refractivity contribution in [2.24, 2.45) is 0 Å². The standard InChI is InChI=1S/C50H35N/c1-4-14-36(15-5-1)43-32-33-44(48-21-11-10-20-47(43)48)37-24-26-38(27-25-37)45-34-35-46(50-23-13-12-22-49(45)50)39-28-30-42(31-29-39)51(40-16-6-2-7-17-40)41-18-8-3-9-19-41/h1-35H. The zero-order valence-electron chi connectivity index (χ0n) is 28.2. The van der Waals surface area contributed by atoms with Gasteiger partial charge in [-0.3, -0.25) is 0 Å². The van der Waals surface area contributed by atoms with Gasteiger partial charge in [0.1, 0.15) is 0 Å². The molecule has 0 aliphatic rings. The normalized spacial score (nSPS) is 11.1. The van der Waals surface area contributed by atoms with Crippen molar-refractivity contribution in [3.8, 4) is 44.5 Å². The van der Waals surface area contributed by atoms with Gasteiger partial charge in [-0.05, 0) is 102 Å². The van der Waals surface area contributed by atoms with Crippen molar-refractivity contribution in [1.29, 1.82) is 0 Å². The Bertz CT molecular complexity index is 2550. The molecule has 0 radical (unpaired) electrons. The van der Waals surface area contributed by atoms with Gasteiger partial charge in [0.2, 0.25) is 0 Å². The fourth-order valence-electron chi connectivity index (χ4n) is 7.44. The molecule has 0 amide bonds. The minimum atomic E-state index is 1.12. The molecule has 0 fully saturated rings. The Morgan fingerprint density at radius 3 is 0.804 bits per heavy atom. The third-order valence-electron chi connectivity index (χ3n) is 9.91. The van der Waals surface area contributed by atoms with Gasteiger partial charge in [0.25, 0.3) is 0 Å². The first-order valence-electron chi connectivity index (χ1n) is 17.5. The SMILES string of the molecule is c1ccc(-c2ccc(-c3ccc(-c4ccc(-c5ccc(N(c6ccccc6)c6ccccc6)cc5)c5ccccc45)cc3)c3ccccc23)cc1. The minimum absolute atomic E-state index is 1.12. The lowest BCUT2D eigenvalue weighted by Crippen LogP contribution is -2.09. The van der Waals surface area contributed by atoms with E-state index in [4.69, 9.17) is 0 Å². The lowest BCUT2D eigenvalue weighted by Gasteiger charge is -2.25. The molecule has 0 bridgehead atoms. The van der Waals surface area contributed by atoms with E-state index in [0.717, 1.165) is 17.1 Å². The van der Waals surface area contributed by atoms with Crippen molar-refractivity contribution in [3.63, 3.8) is 0 Å². The van der Waals surface area contributed by atoms with Gasteiger partial charge in [0.15, 0.2) is 0 Å². The van der Waals surface area contributed by atoms with Gasteiger partial charge in [-0.2, -0.15) is 0 Å². The van der Waals surface area contributed by atoms with Gasteiger partial charge < -0.3 is 4.90 Å². The molecule has 0 N–H and O–H groups in total. The third kappa shape index (κ3) is 5.75. The molecule has 0 aliphatic heterocycles. The number of hydrogen-bond acceptors (Lipinski definition) is 1. The van der Waals surface area contributed by atoms with E-state index in [0.29, 0.717) is 0 Å². The second-order valence-corrected chi connectivity index (χ2v) is 12.9. The average Bonchev–Trinajstić information content (AvgIpc) is 3.22. The van der Waals surface area contributed by atoms with Crippen LogP contribution in [0.1, 0.15) is 0 Å². The number of anilines is 3. The number of para-hydroxylation sites is 2. The summed E-state index contributed by atoms with van der Waals surface area (Å²) < 4.78 is 0. The van der Waals surface area contributed by atoms with Gasteiger partial charge >= 0.3 is 0 Å². The van der Waals surface area contributed by atoms with Crippen molar-refractivity contribution in [2.75, 3.05) is 4.90 Å².